The third-order valence-electron chi connectivity index (χ3n) is 3.35. The average Bonchev–Trinajstić information content (AvgIpc) is 2.54. The van der Waals surface area contributed by atoms with Crippen LogP contribution in [0.25, 0.3) is 0 Å². The first-order valence-electron chi connectivity index (χ1n) is 6.31. The molecule has 0 saturated heterocycles. The summed E-state index contributed by atoms with van der Waals surface area (Å²) in [5.74, 6) is -0.883. The Morgan fingerprint density at radius 3 is 2.29 bits per heavy atom. The lowest BCUT2D eigenvalue weighted by atomic mass is 9.93. The van der Waals surface area contributed by atoms with Gasteiger partial charge in [0.15, 0.2) is 0 Å². The molecule has 1 rings (SSSR count). The first-order chi connectivity index (χ1) is 8.09. The number of carbonyl (C=O) groups excluding carboxylic acids is 1. The van der Waals surface area contributed by atoms with Crippen molar-refractivity contribution in [3.05, 3.63) is 12.2 Å². The van der Waals surface area contributed by atoms with Gasteiger partial charge in [-0.15, -0.1) is 0 Å². The van der Waals surface area contributed by atoms with Crippen molar-refractivity contribution >= 4 is 11.9 Å². The molecule has 1 aliphatic rings. The van der Waals surface area contributed by atoms with Crippen molar-refractivity contribution in [3.8, 4) is 0 Å². The summed E-state index contributed by atoms with van der Waals surface area (Å²) in [6.45, 7) is 2.00. The minimum Gasteiger partial charge on any atom is -0.478 e. The predicted octanol–water partition coefficient (Wildman–Crippen LogP) is 2.10. The number of hydrogen-bond acceptors (Lipinski definition) is 2. The lowest BCUT2D eigenvalue weighted by Crippen LogP contribution is -2.37. The van der Waals surface area contributed by atoms with Crippen LogP contribution in [0.3, 0.4) is 0 Å². The highest BCUT2D eigenvalue weighted by Gasteiger charge is 2.19. The maximum Gasteiger partial charge on any atom is 0.328 e. The van der Waals surface area contributed by atoms with E-state index in [0.717, 1.165) is 25.0 Å². The van der Waals surface area contributed by atoms with Crippen LogP contribution in [0.15, 0.2) is 12.2 Å². The third kappa shape index (κ3) is 5.52. The van der Waals surface area contributed by atoms with E-state index in [2.05, 4.69) is 5.32 Å². The molecule has 0 heterocycles. The fourth-order valence-electron chi connectivity index (χ4n) is 2.35. The molecule has 0 unspecified atom stereocenters. The second-order valence-electron chi connectivity index (χ2n) is 4.72. The van der Waals surface area contributed by atoms with Gasteiger partial charge in [-0.3, -0.25) is 4.79 Å². The summed E-state index contributed by atoms with van der Waals surface area (Å²) < 4.78 is 0. The summed E-state index contributed by atoms with van der Waals surface area (Å²) in [7, 11) is 0. The molecule has 4 nitrogen and oxygen atoms in total. The van der Waals surface area contributed by atoms with Gasteiger partial charge < -0.3 is 10.4 Å². The van der Waals surface area contributed by atoms with Crippen molar-refractivity contribution in [3.63, 3.8) is 0 Å². The molecule has 1 fully saturated rings. The van der Waals surface area contributed by atoms with Crippen LogP contribution in [0.5, 0.6) is 0 Å². The standard InChI is InChI=1S/C13H21NO3/c1-10(11-6-4-2-3-5-7-11)14-12(15)8-9-13(16)17/h8-11H,2-7H2,1H3,(H,14,15)(H,16,17)/b9-8+/t10-/m0/s1. The quantitative estimate of drug-likeness (QED) is 0.583. The molecule has 0 aromatic carbocycles. The zero-order chi connectivity index (χ0) is 12.7. The lowest BCUT2D eigenvalue weighted by Gasteiger charge is -2.22. The molecule has 1 aliphatic carbocycles. The number of carboxylic acids is 1. The monoisotopic (exact) mass is 239 g/mol. The van der Waals surface area contributed by atoms with Crippen LogP contribution in [-0.4, -0.2) is 23.0 Å². The maximum atomic E-state index is 11.4. The van der Waals surface area contributed by atoms with Crippen LogP contribution in [0.4, 0.5) is 0 Å². The summed E-state index contributed by atoms with van der Waals surface area (Å²) in [5.41, 5.74) is 0. The van der Waals surface area contributed by atoms with Crippen LogP contribution in [0, 0.1) is 5.92 Å². The fraction of sp³-hybridized carbons (Fsp3) is 0.692. The zero-order valence-corrected chi connectivity index (χ0v) is 10.3. The Kier molecular flexibility index (Phi) is 5.73. The number of carbonyl (C=O) groups is 2. The van der Waals surface area contributed by atoms with E-state index >= 15 is 0 Å². The summed E-state index contributed by atoms with van der Waals surface area (Å²) >= 11 is 0. The summed E-state index contributed by atoms with van der Waals surface area (Å²) in [5, 5.41) is 11.3. The summed E-state index contributed by atoms with van der Waals surface area (Å²) in [6, 6.07) is 0.124. The third-order valence-corrected chi connectivity index (χ3v) is 3.35. The molecule has 0 spiro atoms. The summed E-state index contributed by atoms with van der Waals surface area (Å²) in [6.07, 6.45) is 9.30. The van der Waals surface area contributed by atoms with Crippen molar-refractivity contribution in [2.75, 3.05) is 0 Å². The first kappa shape index (κ1) is 13.7. The van der Waals surface area contributed by atoms with E-state index in [-0.39, 0.29) is 11.9 Å². The van der Waals surface area contributed by atoms with E-state index in [1.165, 1.54) is 25.7 Å². The smallest absolute Gasteiger partial charge is 0.328 e. The number of rotatable bonds is 4. The number of carboxylic acid groups (broad SMARTS) is 1. The van der Waals surface area contributed by atoms with Crippen molar-refractivity contribution < 1.29 is 14.7 Å². The first-order valence-corrected chi connectivity index (χ1v) is 6.31. The van der Waals surface area contributed by atoms with E-state index in [4.69, 9.17) is 5.11 Å². The van der Waals surface area contributed by atoms with Gasteiger partial charge in [0, 0.05) is 18.2 Å². The molecule has 4 heteroatoms. The van der Waals surface area contributed by atoms with Crippen molar-refractivity contribution in [1.82, 2.24) is 5.32 Å². The Balaban J connectivity index is 2.38. The van der Waals surface area contributed by atoms with Crippen LogP contribution < -0.4 is 5.32 Å². The molecule has 1 saturated carbocycles. The Bertz CT molecular complexity index is 291. The molecule has 0 aromatic heterocycles. The van der Waals surface area contributed by atoms with Gasteiger partial charge in [0.2, 0.25) is 5.91 Å². The molecular formula is C13H21NO3. The fourth-order valence-corrected chi connectivity index (χ4v) is 2.35. The van der Waals surface area contributed by atoms with Gasteiger partial charge in [0.05, 0.1) is 0 Å². The molecule has 1 atom stereocenters. The average molecular weight is 239 g/mol. The Morgan fingerprint density at radius 1 is 1.18 bits per heavy atom. The Hall–Kier alpha value is -1.32. The zero-order valence-electron chi connectivity index (χ0n) is 10.3. The topological polar surface area (TPSA) is 66.4 Å². The molecule has 96 valence electrons. The molecule has 0 radical (unpaired) electrons. The SMILES string of the molecule is C[C@H](NC(=O)/C=C/C(=O)O)C1CCCCCC1. The van der Waals surface area contributed by atoms with Gasteiger partial charge in [-0.25, -0.2) is 4.79 Å². The van der Waals surface area contributed by atoms with Crippen LogP contribution in [0.1, 0.15) is 45.4 Å². The molecule has 1 amide bonds. The van der Waals surface area contributed by atoms with Gasteiger partial charge in [-0.2, -0.15) is 0 Å². The maximum absolute atomic E-state index is 11.4. The molecule has 0 aromatic rings. The van der Waals surface area contributed by atoms with Crippen molar-refractivity contribution in [2.45, 2.75) is 51.5 Å². The highest BCUT2D eigenvalue weighted by molar-refractivity contribution is 5.93. The van der Waals surface area contributed by atoms with E-state index in [1.807, 2.05) is 6.92 Å². The minimum absolute atomic E-state index is 0.124. The molecule has 0 aliphatic heterocycles. The van der Waals surface area contributed by atoms with Gasteiger partial charge in [-0.1, -0.05) is 25.7 Å². The van der Waals surface area contributed by atoms with Crippen LogP contribution in [-0.2, 0) is 9.59 Å². The van der Waals surface area contributed by atoms with Gasteiger partial charge >= 0.3 is 5.97 Å². The number of aliphatic carboxylic acids is 1. The normalized spacial score (nSPS) is 19.8. The predicted molar refractivity (Wildman–Crippen MR) is 65.6 cm³/mol. The number of hydrogen-bond donors (Lipinski definition) is 2. The Morgan fingerprint density at radius 2 is 1.76 bits per heavy atom. The number of nitrogens with one attached hydrogen (secondary N) is 1. The van der Waals surface area contributed by atoms with Crippen LogP contribution >= 0.6 is 0 Å². The molecule has 0 bridgehead atoms. The molecule has 2 N–H and O–H groups in total. The Labute approximate surface area is 102 Å². The molecule has 17 heavy (non-hydrogen) atoms. The van der Waals surface area contributed by atoms with E-state index < -0.39 is 5.97 Å². The van der Waals surface area contributed by atoms with Gasteiger partial charge in [0.1, 0.15) is 0 Å². The van der Waals surface area contributed by atoms with E-state index in [9.17, 15) is 9.59 Å². The highest BCUT2D eigenvalue weighted by Crippen LogP contribution is 2.25. The van der Waals surface area contributed by atoms with Gasteiger partial charge in [-0.05, 0) is 25.7 Å². The van der Waals surface area contributed by atoms with E-state index in [0.29, 0.717) is 5.92 Å². The van der Waals surface area contributed by atoms with E-state index in [1.54, 1.807) is 0 Å². The minimum atomic E-state index is -1.10. The summed E-state index contributed by atoms with van der Waals surface area (Å²) in [4.78, 5) is 21.7. The van der Waals surface area contributed by atoms with Crippen molar-refractivity contribution in [2.24, 2.45) is 5.92 Å². The van der Waals surface area contributed by atoms with Gasteiger partial charge in [0.25, 0.3) is 0 Å². The van der Waals surface area contributed by atoms with Crippen molar-refractivity contribution in [1.29, 1.82) is 0 Å². The highest BCUT2D eigenvalue weighted by atomic mass is 16.4. The largest absolute Gasteiger partial charge is 0.478 e. The van der Waals surface area contributed by atoms with Crippen LogP contribution in [0.2, 0.25) is 0 Å². The number of amides is 1. The molecular weight excluding hydrogens is 218 g/mol. The second-order valence-corrected chi connectivity index (χ2v) is 4.72. The lowest BCUT2D eigenvalue weighted by molar-refractivity contribution is -0.131. The second kappa shape index (κ2) is 7.09.